The highest BCUT2D eigenvalue weighted by Crippen LogP contribution is 2.12. The maximum Gasteiger partial charge on any atom is 0.407 e. The summed E-state index contributed by atoms with van der Waals surface area (Å²) >= 11 is 0. The molecule has 0 fully saturated rings. The average molecular weight is 389 g/mol. The zero-order valence-corrected chi connectivity index (χ0v) is 17.5. The lowest BCUT2D eigenvalue weighted by Gasteiger charge is -2.30. The quantitative estimate of drug-likeness (QED) is 0.663. The maximum absolute atomic E-state index is 12.3. The molecule has 0 saturated heterocycles. The molecule has 1 rings (SSSR count). The molecule has 0 saturated carbocycles. The third-order valence-corrected chi connectivity index (χ3v) is 4.02. The van der Waals surface area contributed by atoms with Gasteiger partial charge in [0.2, 0.25) is 0 Å². The van der Waals surface area contributed by atoms with Crippen molar-refractivity contribution in [2.24, 2.45) is 5.92 Å². The van der Waals surface area contributed by atoms with E-state index in [1.165, 1.54) is 7.11 Å². The molecule has 154 valence electrons. The molecule has 0 radical (unpaired) electrons. The number of rotatable bonds is 8. The number of carbonyl (C=O) groups is 2. The van der Waals surface area contributed by atoms with E-state index in [1.807, 2.05) is 44.2 Å². The fourth-order valence-electron chi connectivity index (χ4n) is 2.68. The van der Waals surface area contributed by atoms with Crippen LogP contribution in [0.4, 0.5) is 4.79 Å². The number of carbonyl (C=O) groups excluding carboxylic acids is 2. The van der Waals surface area contributed by atoms with Crippen molar-refractivity contribution >= 4 is 12.1 Å². The lowest BCUT2D eigenvalue weighted by Crippen LogP contribution is -2.56. The second-order valence-corrected chi connectivity index (χ2v) is 7.96. The molecule has 28 heavy (non-hydrogen) atoms. The second kappa shape index (κ2) is 10.7. The SMILES string of the molecule is COC(=O)[C@@H](NC(C#N)[C@H](Cc1ccccc1)NC(=O)OC(C)(C)C)C(C)C. The van der Waals surface area contributed by atoms with Crippen LogP contribution in [0.15, 0.2) is 30.3 Å². The van der Waals surface area contributed by atoms with Crippen LogP contribution < -0.4 is 10.6 Å². The standard InChI is InChI=1S/C21H31N3O4/c1-14(2)18(19(25)27-6)23-17(13-22)16(12-15-10-8-7-9-11-15)24-20(26)28-21(3,4)5/h7-11,14,16-18,23H,12H2,1-6H3,(H,24,26)/t16-,17?,18-/m0/s1. The Morgan fingerprint density at radius 3 is 2.25 bits per heavy atom. The van der Waals surface area contributed by atoms with Crippen molar-refractivity contribution in [2.45, 2.75) is 64.8 Å². The monoisotopic (exact) mass is 389 g/mol. The molecule has 7 heteroatoms. The Hall–Kier alpha value is -2.59. The zero-order valence-electron chi connectivity index (χ0n) is 17.5. The first-order valence-electron chi connectivity index (χ1n) is 9.34. The van der Waals surface area contributed by atoms with Crippen LogP contribution in [0.25, 0.3) is 0 Å². The third-order valence-electron chi connectivity index (χ3n) is 4.02. The Morgan fingerprint density at radius 1 is 1.18 bits per heavy atom. The van der Waals surface area contributed by atoms with Gasteiger partial charge in [-0.2, -0.15) is 5.26 Å². The van der Waals surface area contributed by atoms with E-state index in [-0.39, 0.29) is 5.92 Å². The first-order chi connectivity index (χ1) is 13.1. The molecule has 0 aromatic heterocycles. The number of ether oxygens (including phenoxy) is 2. The van der Waals surface area contributed by atoms with Gasteiger partial charge in [-0.3, -0.25) is 10.1 Å². The molecule has 1 unspecified atom stereocenters. The number of methoxy groups -OCH3 is 1. The van der Waals surface area contributed by atoms with Crippen LogP contribution in [0.3, 0.4) is 0 Å². The third kappa shape index (κ3) is 7.97. The molecule has 1 aromatic rings. The highest BCUT2D eigenvalue weighted by molar-refractivity contribution is 5.76. The molecule has 0 aliphatic heterocycles. The normalized spacial score (nSPS) is 14.5. The Kier molecular flexibility index (Phi) is 8.93. The van der Waals surface area contributed by atoms with Gasteiger partial charge < -0.3 is 14.8 Å². The largest absolute Gasteiger partial charge is 0.468 e. The van der Waals surface area contributed by atoms with Gasteiger partial charge in [-0.05, 0) is 38.7 Å². The molecule has 3 atom stereocenters. The zero-order chi connectivity index (χ0) is 21.3. The topological polar surface area (TPSA) is 100 Å². The van der Waals surface area contributed by atoms with Gasteiger partial charge in [0, 0.05) is 0 Å². The van der Waals surface area contributed by atoms with Crippen molar-refractivity contribution in [1.82, 2.24) is 10.6 Å². The summed E-state index contributed by atoms with van der Waals surface area (Å²) < 4.78 is 10.2. The number of nitrogens with zero attached hydrogens (tertiary/aromatic N) is 1. The highest BCUT2D eigenvalue weighted by atomic mass is 16.6. The summed E-state index contributed by atoms with van der Waals surface area (Å²) in [5.41, 5.74) is 0.286. The van der Waals surface area contributed by atoms with Gasteiger partial charge in [0.05, 0.1) is 19.2 Å². The van der Waals surface area contributed by atoms with Crippen LogP contribution in [0.5, 0.6) is 0 Å². The Morgan fingerprint density at radius 2 is 1.79 bits per heavy atom. The minimum atomic E-state index is -0.820. The molecular weight excluding hydrogens is 358 g/mol. The number of nitrogens with one attached hydrogen (secondary N) is 2. The lowest BCUT2D eigenvalue weighted by atomic mass is 9.97. The van der Waals surface area contributed by atoms with E-state index in [1.54, 1.807) is 20.8 Å². The minimum absolute atomic E-state index is 0.0952. The van der Waals surface area contributed by atoms with Gasteiger partial charge in [-0.25, -0.2) is 4.79 Å². The number of amides is 1. The summed E-state index contributed by atoms with van der Waals surface area (Å²) in [5, 5.41) is 15.6. The van der Waals surface area contributed by atoms with Gasteiger partial charge in [0.25, 0.3) is 0 Å². The molecule has 0 aliphatic carbocycles. The number of hydrogen-bond donors (Lipinski definition) is 2. The summed E-state index contributed by atoms with van der Waals surface area (Å²) in [6.45, 7) is 9.02. The van der Waals surface area contributed by atoms with Crippen LogP contribution in [0, 0.1) is 17.2 Å². The highest BCUT2D eigenvalue weighted by Gasteiger charge is 2.32. The van der Waals surface area contributed by atoms with Crippen LogP contribution in [0.2, 0.25) is 0 Å². The number of alkyl carbamates (subject to hydrolysis) is 1. The summed E-state index contributed by atoms with van der Waals surface area (Å²) in [7, 11) is 1.31. The van der Waals surface area contributed by atoms with Crippen molar-refractivity contribution in [2.75, 3.05) is 7.11 Å². The maximum atomic E-state index is 12.3. The van der Waals surface area contributed by atoms with Gasteiger partial charge in [-0.1, -0.05) is 44.2 Å². The van der Waals surface area contributed by atoms with Crippen molar-refractivity contribution in [3.05, 3.63) is 35.9 Å². The van der Waals surface area contributed by atoms with Gasteiger partial charge in [-0.15, -0.1) is 0 Å². The van der Waals surface area contributed by atoms with E-state index in [4.69, 9.17) is 9.47 Å². The van der Waals surface area contributed by atoms with Crippen molar-refractivity contribution in [3.8, 4) is 6.07 Å². The smallest absolute Gasteiger partial charge is 0.407 e. The van der Waals surface area contributed by atoms with E-state index in [2.05, 4.69) is 16.7 Å². The summed E-state index contributed by atoms with van der Waals surface area (Å²) in [4.78, 5) is 24.4. The van der Waals surface area contributed by atoms with E-state index < -0.39 is 35.8 Å². The molecule has 0 aliphatic rings. The number of hydrogen-bond acceptors (Lipinski definition) is 6. The lowest BCUT2D eigenvalue weighted by molar-refractivity contribution is -0.144. The number of esters is 1. The van der Waals surface area contributed by atoms with Crippen molar-refractivity contribution in [1.29, 1.82) is 5.26 Å². The summed E-state index contributed by atoms with van der Waals surface area (Å²) in [6.07, 6.45) is -0.216. The van der Waals surface area contributed by atoms with Crippen LogP contribution in [0.1, 0.15) is 40.2 Å². The molecule has 2 N–H and O–H groups in total. The van der Waals surface area contributed by atoms with Gasteiger partial charge in [0.15, 0.2) is 0 Å². The molecule has 7 nitrogen and oxygen atoms in total. The van der Waals surface area contributed by atoms with Crippen LogP contribution in [-0.4, -0.2) is 42.9 Å². The Balaban J connectivity index is 3.06. The second-order valence-electron chi connectivity index (χ2n) is 7.96. The Bertz CT molecular complexity index is 677. The molecule has 1 aromatic carbocycles. The summed E-state index contributed by atoms with van der Waals surface area (Å²) in [6, 6.07) is 9.57. The number of benzene rings is 1. The average Bonchev–Trinajstić information content (AvgIpc) is 2.60. The van der Waals surface area contributed by atoms with Crippen molar-refractivity contribution < 1.29 is 19.1 Å². The van der Waals surface area contributed by atoms with Crippen LogP contribution >= 0.6 is 0 Å². The fraction of sp³-hybridized carbons (Fsp3) is 0.571. The van der Waals surface area contributed by atoms with E-state index in [0.717, 1.165) is 5.56 Å². The van der Waals surface area contributed by atoms with E-state index in [0.29, 0.717) is 6.42 Å². The van der Waals surface area contributed by atoms with Crippen LogP contribution in [-0.2, 0) is 20.7 Å². The predicted octanol–water partition coefficient (Wildman–Crippen LogP) is 2.80. The Labute approximate surface area is 167 Å². The van der Waals surface area contributed by atoms with E-state index >= 15 is 0 Å². The predicted molar refractivity (Wildman–Crippen MR) is 106 cm³/mol. The molecule has 1 amide bonds. The van der Waals surface area contributed by atoms with Crippen molar-refractivity contribution in [3.63, 3.8) is 0 Å². The first kappa shape index (κ1) is 23.4. The van der Waals surface area contributed by atoms with E-state index in [9.17, 15) is 14.9 Å². The van der Waals surface area contributed by atoms with Gasteiger partial charge in [0.1, 0.15) is 17.7 Å². The molecule has 0 spiro atoms. The number of nitriles is 1. The minimum Gasteiger partial charge on any atom is -0.468 e. The first-order valence-corrected chi connectivity index (χ1v) is 9.34. The summed E-state index contributed by atoms with van der Waals surface area (Å²) in [5.74, 6) is -0.548. The molecular formula is C21H31N3O4. The molecule has 0 bridgehead atoms. The molecule has 0 heterocycles. The fourth-order valence-corrected chi connectivity index (χ4v) is 2.68. The van der Waals surface area contributed by atoms with Gasteiger partial charge >= 0.3 is 12.1 Å².